The van der Waals surface area contributed by atoms with Crippen molar-refractivity contribution in [3.63, 3.8) is 0 Å². The molecule has 0 aliphatic rings. The number of halogens is 3. The lowest BCUT2D eigenvalue weighted by Gasteiger charge is -2.10. The van der Waals surface area contributed by atoms with Gasteiger partial charge >= 0.3 is 0 Å². The molecule has 0 heterocycles. The van der Waals surface area contributed by atoms with Gasteiger partial charge in [0.25, 0.3) is 5.91 Å². The Morgan fingerprint density at radius 3 is 2.35 bits per heavy atom. The number of benzene rings is 2. The highest BCUT2D eigenvalue weighted by molar-refractivity contribution is 9.11. The fraction of sp³-hybridized carbons (Fsp3) is 0.176. The van der Waals surface area contributed by atoms with Gasteiger partial charge in [0.2, 0.25) is 0 Å². The van der Waals surface area contributed by atoms with Crippen LogP contribution in [0.3, 0.4) is 0 Å². The van der Waals surface area contributed by atoms with E-state index in [1.807, 2.05) is 18.2 Å². The monoisotopic (exact) mass is 547 g/mol. The van der Waals surface area contributed by atoms with Crippen LogP contribution in [0, 0.1) is 0 Å². The van der Waals surface area contributed by atoms with Crippen molar-refractivity contribution in [3.8, 4) is 11.5 Å². The van der Waals surface area contributed by atoms with Crippen LogP contribution in [-0.2, 0) is 4.79 Å². The van der Waals surface area contributed by atoms with Gasteiger partial charge in [-0.3, -0.25) is 4.79 Å². The molecule has 0 radical (unpaired) electrons. The third kappa shape index (κ3) is 5.72. The SMILES string of the molecule is COc1ccc(/C=N\NC(=O)CNc2c(Br)cc(Br)cc2Br)cc1OC. The quantitative estimate of drug-likeness (QED) is 0.392. The Bertz CT molecular complexity index is 805. The minimum Gasteiger partial charge on any atom is -0.493 e. The molecule has 0 aromatic heterocycles. The molecule has 2 rings (SSSR count). The van der Waals surface area contributed by atoms with Crippen LogP contribution in [-0.4, -0.2) is 32.9 Å². The Hall–Kier alpha value is -1.58. The Morgan fingerprint density at radius 2 is 1.73 bits per heavy atom. The summed E-state index contributed by atoms with van der Waals surface area (Å²) in [6, 6.07) is 9.13. The molecule has 0 saturated carbocycles. The normalized spacial score (nSPS) is 10.7. The van der Waals surface area contributed by atoms with E-state index in [9.17, 15) is 4.79 Å². The predicted molar refractivity (Wildman–Crippen MR) is 113 cm³/mol. The third-order valence-corrected chi connectivity index (χ3v) is 4.95. The summed E-state index contributed by atoms with van der Waals surface area (Å²) in [5.41, 5.74) is 4.03. The number of amides is 1. The first kappa shape index (κ1) is 20.7. The zero-order valence-electron chi connectivity index (χ0n) is 14.0. The Labute approximate surface area is 176 Å². The molecule has 2 N–H and O–H groups in total. The minimum absolute atomic E-state index is 0.0715. The molecule has 26 heavy (non-hydrogen) atoms. The number of hydrazone groups is 1. The van der Waals surface area contributed by atoms with Crippen molar-refractivity contribution in [2.24, 2.45) is 5.10 Å². The lowest BCUT2D eigenvalue weighted by Crippen LogP contribution is -2.26. The van der Waals surface area contributed by atoms with E-state index in [0.29, 0.717) is 11.5 Å². The van der Waals surface area contributed by atoms with Crippen LogP contribution >= 0.6 is 47.8 Å². The predicted octanol–water partition coefficient (Wildman–Crippen LogP) is 4.55. The van der Waals surface area contributed by atoms with Crippen LogP contribution in [0.5, 0.6) is 11.5 Å². The topological polar surface area (TPSA) is 72.0 Å². The van der Waals surface area contributed by atoms with E-state index in [1.165, 1.54) is 6.21 Å². The van der Waals surface area contributed by atoms with E-state index in [2.05, 4.69) is 63.6 Å². The summed E-state index contributed by atoms with van der Waals surface area (Å²) in [6.45, 7) is 0.0715. The van der Waals surface area contributed by atoms with Crippen molar-refractivity contribution < 1.29 is 14.3 Å². The maximum atomic E-state index is 11.9. The maximum absolute atomic E-state index is 11.9. The summed E-state index contributed by atoms with van der Waals surface area (Å²) in [5, 5.41) is 7.00. The van der Waals surface area contributed by atoms with Crippen LogP contribution in [0.1, 0.15) is 5.56 Å². The molecule has 0 spiro atoms. The molecule has 0 unspecified atom stereocenters. The van der Waals surface area contributed by atoms with Crippen molar-refractivity contribution in [1.29, 1.82) is 0 Å². The summed E-state index contributed by atoms with van der Waals surface area (Å²) < 4.78 is 13.0. The summed E-state index contributed by atoms with van der Waals surface area (Å²) in [4.78, 5) is 11.9. The van der Waals surface area contributed by atoms with Crippen molar-refractivity contribution >= 4 is 65.6 Å². The fourth-order valence-electron chi connectivity index (χ4n) is 2.03. The first-order valence-electron chi connectivity index (χ1n) is 7.37. The van der Waals surface area contributed by atoms with E-state index in [-0.39, 0.29) is 12.5 Å². The van der Waals surface area contributed by atoms with Crippen molar-refractivity contribution in [2.45, 2.75) is 0 Å². The lowest BCUT2D eigenvalue weighted by molar-refractivity contribution is -0.119. The Kier molecular flexibility index (Phi) is 7.92. The summed E-state index contributed by atoms with van der Waals surface area (Å²) in [5.74, 6) is 0.946. The van der Waals surface area contributed by atoms with Gasteiger partial charge in [0, 0.05) is 13.4 Å². The van der Waals surface area contributed by atoms with Crippen molar-refractivity contribution in [1.82, 2.24) is 5.43 Å². The van der Waals surface area contributed by atoms with E-state index >= 15 is 0 Å². The highest BCUT2D eigenvalue weighted by Crippen LogP contribution is 2.34. The smallest absolute Gasteiger partial charge is 0.259 e. The van der Waals surface area contributed by atoms with Crippen LogP contribution < -0.4 is 20.2 Å². The van der Waals surface area contributed by atoms with Gasteiger partial charge in [-0.05, 0) is 67.8 Å². The first-order valence-corrected chi connectivity index (χ1v) is 9.75. The molecule has 0 atom stereocenters. The molecule has 2 aromatic carbocycles. The maximum Gasteiger partial charge on any atom is 0.259 e. The molecule has 0 aliphatic carbocycles. The van der Waals surface area contributed by atoms with E-state index in [4.69, 9.17) is 9.47 Å². The number of ether oxygens (including phenoxy) is 2. The summed E-state index contributed by atoms with van der Waals surface area (Å²) >= 11 is 10.3. The molecule has 0 saturated heterocycles. The first-order chi connectivity index (χ1) is 12.4. The van der Waals surface area contributed by atoms with Crippen LogP contribution in [0.2, 0.25) is 0 Å². The Morgan fingerprint density at radius 1 is 1.08 bits per heavy atom. The molecule has 2 aromatic rings. The van der Waals surface area contributed by atoms with Gasteiger partial charge in [-0.25, -0.2) is 5.43 Å². The van der Waals surface area contributed by atoms with Gasteiger partial charge in [0.05, 0.1) is 32.7 Å². The number of anilines is 1. The zero-order chi connectivity index (χ0) is 19.1. The zero-order valence-corrected chi connectivity index (χ0v) is 18.7. The molecular weight excluding hydrogens is 534 g/mol. The second-order valence-corrected chi connectivity index (χ2v) is 7.63. The summed E-state index contributed by atoms with van der Waals surface area (Å²) in [6.07, 6.45) is 1.53. The van der Waals surface area contributed by atoms with Gasteiger partial charge in [-0.1, -0.05) is 15.9 Å². The molecule has 0 bridgehead atoms. The number of hydrogen-bond acceptors (Lipinski definition) is 5. The van der Waals surface area contributed by atoms with E-state index < -0.39 is 0 Å². The number of nitrogens with zero attached hydrogens (tertiary/aromatic N) is 1. The van der Waals surface area contributed by atoms with Crippen molar-refractivity contribution in [3.05, 3.63) is 49.3 Å². The second kappa shape index (κ2) is 9.94. The average molecular weight is 550 g/mol. The molecular formula is C17H16Br3N3O3. The summed E-state index contributed by atoms with van der Waals surface area (Å²) in [7, 11) is 3.13. The Balaban J connectivity index is 1.92. The van der Waals surface area contributed by atoms with E-state index in [0.717, 1.165) is 24.7 Å². The molecule has 138 valence electrons. The fourth-order valence-corrected chi connectivity index (χ4v) is 4.57. The molecule has 0 aliphatic heterocycles. The number of hydrogen-bond donors (Lipinski definition) is 2. The minimum atomic E-state index is -0.275. The molecule has 6 nitrogen and oxygen atoms in total. The highest BCUT2D eigenvalue weighted by Gasteiger charge is 2.08. The van der Waals surface area contributed by atoms with Gasteiger partial charge < -0.3 is 14.8 Å². The number of rotatable bonds is 7. The van der Waals surface area contributed by atoms with Gasteiger partial charge in [0.1, 0.15) is 0 Å². The van der Waals surface area contributed by atoms with Crippen LogP contribution in [0.15, 0.2) is 48.9 Å². The van der Waals surface area contributed by atoms with Crippen LogP contribution in [0.25, 0.3) is 0 Å². The number of carbonyl (C=O) groups excluding carboxylic acids is 1. The molecule has 1 amide bonds. The number of nitrogens with one attached hydrogen (secondary N) is 2. The van der Waals surface area contributed by atoms with Crippen molar-refractivity contribution in [2.75, 3.05) is 26.1 Å². The average Bonchev–Trinajstić information content (AvgIpc) is 2.60. The number of carbonyl (C=O) groups is 1. The van der Waals surface area contributed by atoms with Gasteiger partial charge in [-0.15, -0.1) is 0 Å². The lowest BCUT2D eigenvalue weighted by atomic mass is 10.2. The molecule has 9 heteroatoms. The largest absolute Gasteiger partial charge is 0.493 e. The third-order valence-electron chi connectivity index (χ3n) is 3.24. The van der Waals surface area contributed by atoms with E-state index in [1.54, 1.807) is 26.4 Å². The highest BCUT2D eigenvalue weighted by atomic mass is 79.9. The van der Waals surface area contributed by atoms with Crippen LogP contribution in [0.4, 0.5) is 5.69 Å². The van der Waals surface area contributed by atoms with Gasteiger partial charge in [0.15, 0.2) is 11.5 Å². The standard InChI is InChI=1S/C17H16Br3N3O3/c1-25-14-4-3-10(5-15(14)26-2)8-22-23-16(24)9-21-17-12(19)6-11(18)7-13(17)20/h3-8,21H,9H2,1-2H3,(H,23,24)/b22-8-. The van der Waals surface area contributed by atoms with Gasteiger partial charge in [-0.2, -0.15) is 5.10 Å². The second-order valence-electron chi connectivity index (χ2n) is 5.01. The number of methoxy groups -OCH3 is 2. The molecule has 0 fully saturated rings.